The molecule has 0 N–H and O–H groups in total. The first-order valence-corrected chi connectivity index (χ1v) is 10.5. The maximum atomic E-state index is 12.2. The summed E-state index contributed by atoms with van der Waals surface area (Å²) in [5.74, 6) is 1.09. The summed E-state index contributed by atoms with van der Waals surface area (Å²) in [6.07, 6.45) is 2.37. The van der Waals surface area contributed by atoms with E-state index in [4.69, 9.17) is 0 Å². The van der Waals surface area contributed by atoms with Gasteiger partial charge in [0.1, 0.15) is 0 Å². The van der Waals surface area contributed by atoms with Crippen molar-refractivity contribution in [3.8, 4) is 0 Å². The Morgan fingerprint density at radius 3 is 2.50 bits per heavy atom. The quantitative estimate of drug-likeness (QED) is 0.803. The van der Waals surface area contributed by atoms with Crippen molar-refractivity contribution in [3.05, 3.63) is 68.5 Å². The van der Waals surface area contributed by atoms with Gasteiger partial charge in [0.05, 0.1) is 0 Å². The number of fused-ring (bicyclic) bond motifs is 5. The molecule has 5 heterocycles. The molecule has 6 heteroatoms. The van der Waals surface area contributed by atoms with Crippen molar-refractivity contribution in [2.24, 2.45) is 5.92 Å². The van der Waals surface area contributed by atoms with E-state index in [2.05, 4.69) is 21.9 Å². The first-order chi connectivity index (χ1) is 13.7. The van der Waals surface area contributed by atoms with Crippen LogP contribution in [0.1, 0.15) is 30.1 Å². The monoisotopic (exact) mass is 380 g/mol. The molecule has 0 amide bonds. The third-order valence-corrected chi connectivity index (χ3v) is 6.67. The predicted octanol–water partition coefficient (Wildman–Crippen LogP) is 1.33. The summed E-state index contributed by atoms with van der Waals surface area (Å²) >= 11 is 0. The Balaban J connectivity index is 1.17. The largest absolute Gasteiger partial charge is 0.312 e. The van der Waals surface area contributed by atoms with Gasteiger partial charge in [-0.15, -0.1) is 0 Å². The number of rotatable bonds is 4. The molecular weight excluding hydrogens is 352 g/mol. The lowest BCUT2D eigenvalue weighted by atomic mass is 9.83. The van der Waals surface area contributed by atoms with Crippen molar-refractivity contribution in [2.45, 2.75) is 38.4 Å². The van der Waals surface area contributed by atoms with Crippen LogP contribution in [-0.2, 0) is 19.6 Å². The molecule has 0 aliphatic carbocycles. The van der Waals surface area contributed by atoms with Crippen molar-refractivity contribution in [1.82, 2.24) is 18.9 Å². The highest BCUT2D eigenvalue weighted by molar-refractivity contribution is 5.17. The Morgan fingerprint density at radius 1 is 0.821 bits per heavy atom. The van der Waals surface area contributed by atoms with Crippen molar-refractivity contribution in [2.75, 3.05) is 32.7 Å². The van der Waals surface area contributed by atoms with Crippen LogP contribution in [0.2, 0.25) is 0 Å². The standard InChI is InChI=1S/C22H28N4O2/c27-21-6-1-4-19-16-23(10-11-25(19)21)8-3-9-24-13-17-12-18(15-24)20-5-2-7-22(28)26(20)14-17/h1-2,4-7,17-18H,3,8-16H2/t17-,18+/m0/s1. The Bertz CT molecular complexity index is 979. The fourth-order valence-electron chi connectivity index (χ4n) is 5.39. The summed E-state index contributed by atoms with van der Waals surface area (Å²) in [7, 11) is 0. The second kappa shape index (κ2) is 7.33. The molecule has 28 heavy (non-hydrogen) atoms. The van der Waals surface area contributed by atoms with E-state index in [9.17, 15) is 9.59 Å². The van der Waals surface area contributed by atoms with Crippen LogP contribution in [0.25, 0.3) is 0 Å². The number of nitrogens with zero attached hydrogens (tertiary/aromatic N) is 4. The number of hydrogen-bond donors (Lipinski definition) is 0. The van der Waals surface area contributed by atoms with E-state index >= 15 is 0 Å². The van der Waals surface area contributed by atoms with Crippen LogP contribution in [-0.4, -0.2) is 51.7 Å². The molecule has 2 atom stereocenters. The molecule has 0 radical (unpaired) electrons. The fourth-order valence-corrected chi connectivity index (χ4v) is 5.39. The highest BCUT2D eigenvalue weighted by Crippen LogP contribution is 2.34. The molecule has 2 aromatic rings. The SMILES string of the molecule is O=c1cccc2n1CCN(CCCN1C[C@@H]3C[C@H](C1)c1cccc(=O)n1C3)C2. The van der Waals surface area contributed by atoms with Crippen molar-refractivity contribution < 1.29 is 0 Å². The summed E-state index contributed by atoms with van der Waals surface area (Å²) < 4.78 is 3.91. The highest BCUT2D eigenvalue weighted by Gasteiger charge is 2.34. The number of piperidine rings is 1. The van der Waals surface area contributed by atoms with Crippen LogP contribution in [0, 0.1) is 5.92 Å². The van der Waals surface area contributed by atoms with Crippen LogP contribution < -0.4 is 11.1 Å². The number of likely N-dealkylation sites (tertiary alicyclic amines) is 1. The molecule has 6 nitrogen and oxygen atoms in total. The molecule has 5 rings (SSSR count). The summed E-state index contributed by atoms with van der Waals surface area (Å²) in [5, 5.41) is 0. The van der Waals surface area contributed by atoms with Crippen LogP contribution >= 0.6 is 0 Å². The van der Waals surface area contributed by atoms with Crippen molar-refractivity contribution in [3.63, 3.8) is 0 Å². The van der Waals surface area contributed by atoms with E-state index in [1.165, 1.54) is 12.1 Å². The molecule has 3 aliphatic heterocycles. The zero-order valence-electron chi connectivity index (χ0n) is 16.3. The van der Waals surface area contributed by atoms with E-state index in [1.807, 2.05) is 21.3 Å². The van der Waals surface area contributed by atoms with Crippen molar-refractivity contribution >= 4 is 0 Å². The van der Waals surface area contributed by atoms with Gasteiger partial charge >= 0.3 is 0 Å². The zero-order valence-corrected chi connectivity index (χ0v) is 16.3. The van der Waals surface area contributed by atoms with Gasteiger partial charge < -0.3 is 14.0 Å². The van der Waals surface area contributed by atoms with Crippen LogP contribution in [0.15, 0.2) is 46.0 Å². The Kier molecular flexibility index (Phi) is 4.69. The molecule has 3 aliphatic rings. The predicted molar refractivity (Wildman–Crippen MR) is 109 cm³/mol. The number of hydrogen-bond acceptors (Lipinski definition) is 4. The third kappa shape index (κ3) is 3.35. The molecule has 0 unspecified atom stereocenters. The average Bonchev–Trinajstić information content (AvgIpc) is 2.69. The smallest absolute Gasteiger partial charge is 0.250 e. The molecule has 1 saturated heterocycles. The second-order valence-corrected chi connectivity index (χ2v) is 8.59. The van der Waals surface area contributed by atoms with Gasteiger partial charge in [-0.2, -0.15) is 0 Å². The lowest BCUT2D eigenvalue weighted by Gasteiger charge is -2.43. The van der Waals surface area contributed by atoms with E-state index < -0.39 is 0 Å². The van der Waals surface area contributed by atoms with Gasteiger partial charge in [-0.1, -0.05) is 12.1 Å². The molecule has 0 spiro atoms. The van der Waals surface area contributed by atoms with E-state index in [0.29, 0.717) is 11.8 Å². The van der Waals surface area contributed by atoms with Crippen LogP contribution in [0.4, 0.5) is 0 Å². The van der Waals surface area contributed by atoms with Gasteiger partial charge in [0.25, 0.3) is 11.1 Å². The highest BCUT2D eigenvalue weighted by atomic mass is 16.1. The molecular formula is C22H28N4O2. The second-order valence-electron chi connectivity index (χ2n) is 8.59. The summed E-state index contributed by atoms with van der Waals surface area (Å²) in [6.45, 7) is 7.87. The summed E-state index contributed by atoms with van der Waals surface area (Å²) in [4.78, 5) is 29.1. The molecule has 2 bridgehead atoms. The lowest BCUT2D eigenvalue weighted by Crippen LogP contribution is -2.47. The van der Waals surface area contributed by atoms with Gasteiger partial charge in [-0.25, -0.2) is 0 Å². The molecule has 0 aromatic carbocycles. The van der Waals surface area contributed by atoms with Gasteiger partial charge in [0, 0.05) is 68.7 Å². The van der Waals surface area contributed by atoms with Gasteiger partial charge in [-0.3, -0.25) is 14.5 Å². The lowest BCUT2D eigenvalue weighted by molar-refractivity contribution is 0.112. The first-order valence-electron chi connectivity index (χ1n) is 10.5. The minimum absolute atomic E-state index is 0.122. The van der Waals surface area contributed by atoms with Crippen LogP contribution in [0.5, 0.6) is 0 Å². The maximum Gasteiger partial charge on any atom is 0.250 e. The third-order valence-electron chi connectivity index (χ3n) is 6.67. The zero-order chi connectivity index (χ0) is 19.1. The van der Waals surface area contributed by atoms with Crippen LogP contribution in [0.3, 0.4) is 0 Å². The Labute approximate surface area is 165 Å². The summed E-state index contributed by atoms with van der Waals surface area (Å²) in [6, 6.07) is 11.3. The molecule has 2 aromatic heterocycles. The number of pyridine rings is 2. The normalized spacial score (nSPS) is 24.6. The van der Waals surface area contributed by atoms with Gasteiger partial charge in [-0.05, 0) is 44.0 Å². The minimum atomic E-state index is 0.122. The molecule has 0 saturated carbocycles. The fraction of sp³-hybridized carbons (Fsp3) is 0.545. The average molecular weight is 380 g/mol. The minimum Gasteiger partial charge on any atom is -0.312 e. The maximum absolute atomic E-state index is 12.2. The molecule has 148 valence electrons. The van der Waals surface area contributed by atoms with Crippen molar-refractivity contribution in [1.29, 1.82) is 0 Å². The Hall–Kier alpha value is -2.18. The van der Waals surface area contributed by atoms with E-state index in [-0.39, 0.29) is 11.1 Å². The summed E-state index contributed by atoms with van der Waals surface area (Å²) in [5.41, 5.74) is 2.64. The first kappa shape index (κ1) is 17.9. The van der Waals surface area contributed by atoms with Gasteiger partial charge in [0.15, 0.2) is 0 Å². The van der Waals surface area contributed by atoms with E-state index in [0.717, 1.165) is 64.5 Å². The Morgan fingerprint density at radius 2 is 1.61 bits per heavy atom. The molecule has 1 fully saturated rings. The number of aromatic nitrogens is 2. The van der Waals surface area contributed by atoms with E-state index in [1.54, 1.807) is 12.1 Å². The van der Waals surface area contributed by atoms with Gasteiger partial charge in [0.2, 0.25) is 0 Å². The topological polar surface area (TPSA) is 50.5 Å².